The standard InChI is InChI=1S/C12H19NOS/c1-3-15-8-7-14-12-6-4-5-11(9-12)10(2)13/h4-6,9-10H,3,7-8,13H2,1-2H3/t10-/m1/s1. The number of hydrogen-bond donors (Lipinski definition) is 1. The van der Waals surface area contributed by atoms with E-state index in [4.69, 9.17) is 10.5 Å². The molecular formula is C12H19NOS. The molecule has 1 aromatic rings. The molecule has 1 atom stereocenters. The van der Waals surface area contributed by atoms with Crippen LogP contribution in [0.2, 0.25) is 0 Å². The van der Waals surface area contributed by atoms with Crippen LogP contribution in [0.5, 0.6) is 5.75 Å². The number of benzene rings is 1. The van der Waals surface area contributed by atoms with Crippen LogP contribution in [-0.4, -0.2) is 18.1 Å². The minimum absolute atomic E-state index is 0.0681. The Kier molecular flexibility index (Phi) is 5.58. The van der Waals surface area contributed by atoms with E-state index < -0.39 is 0 Å². The van der Waals surface area contributed by atoms with Crippen LogP contribution in [0.3, 0.4) is 0 Å². The van der Waals surface area contributed by atoms with E-state index in [1.807, 2.05) is 43.0 Å². The second kappa shape index (κ2) is 6.75. The highest BCUT2D eigenvalue weighted by molar-refractivity contribution is 7.99. The van der Waals surface area contributed by atoms with Crippen molar-refractivity contribution in [3.8, 4) is 5.75 Å². The first-order chi connectivity index (χ1) is 7.24. The topological polar surface area (TPSA) is 35.2 Å². The molecule has 3 heteroatoms. The lowest BCUT2D eigenvalue weighted by molar-refractivity contribution is 0.343. The number of hydrogen-bond acceptors (Lipinski definition) is 3. The molecule has 0 heterocycles. The summed E-state index contributed by atoms with van der Waals surface area (Å²) in [6.45, 7) is 4.90. The van der Waals surface area contributed by atoms with E-state index in [0.717, 1.165) is 29.4 Å². The summed E-state index contributed by atoms with van der Waals surface area (Å²) in [5.74, 6) is 3.10. The molecule has 0 saturated heterocycles. The zero-order chi connectivity index (χ0) is 11.1. The van der Waals surface area contributed by atoms with E-state index in [9.17, 15) is 0 Å². The normalized spacial score (nSPS) is 12.5. The maximum atomic E-state index is 5.80. The van der Waals surface area contributed by atoms with Crippen molar-refractivity contribution < 1.29 is 4.74 Å². The Labute approximate surface area is 96.2 Å². The van der Waals surface area contributed by atoms with Gasteiger partial charge in [0.2, 0.25) is 0 Å². The quantitative estimate of drug-likeness (QED) is 0.756. The number of rotatable bonds is 6. The summed E-state index contributed by atoms with van der Waals surface area (Å²) in [6.07, 6.45) is 0. The zero-order valence-corrected chi connectivity index (χ0v) is 10.2. The second-order valence-electron chi connectivity index (χ2n) is 3.41. The number of ether oxygens (including phenoxy) is 1. The van der Waals surface area contributed by atoms with Crippen LogP contribution >= 0.6 is 11.8 Å². The van der Waals surface area contributed by atoms with Crippen molar-refractivity contribution in [2.75, 3.05) is 18.1 Å². The molecule has 0 unspecified atom stereocenters. The monoisotopic (exact) mass is 225 g/mol. The van der Waals surface area contributed by atoms with Gasteiger partial charge >= 0.3 is 0 Å². The summed E-state index contributed by atoms with van der Waals surface area (Å²) >= 11 is 1.89. The third kappa shape index (κ3) is 4.58. The van der Waals surface area contributed by atoms with E-state index in [2.05, 4.69) is 6.92 Å². The Morgan fingerprint density at radius 3 is 2.93 bits per heavy atom. The average Bonchev–Trinajstić information content (AvgIpc) is 2.25. The SMILES string of the molecule is CCSCCOc1cccc([C@@H](C)N)c1. The molecule has 0 radical (unpaired) electrons. The van der Waals surface area contributed by atoms with Gasteiger partial charge in [-0.05, 0) is 30.4 Å². The molecule has 0 fully saturated rings. The maximum absolute atomic E-state index is 5.80. The molecule has 84 valence electrons. The van der Waals surface area contributed by atoms with E-state index in [1.54, 1.807) is 0 Å². The van der Waals surface area contributed by atoms with Crippen molar-refractivity contribution in [2.45, 2.75) is 19.9 Å². The highest BCUT2D eigenvalue weighted by Crippen LogP contribution is 2.17. The third-order valence-electron chi connectivity index (χ3n) is 2.08. The average molecular weight is 225 g/mol. The van der Waals surface area contributed by atoms with Crippen LogP contribution in [0.25, 0.3) is 0 Å². The molecule has 0 amide bonds. The Bertz CT molecular complexity index is 289. The maximum Gasteiger partial charge on any atom is 0.119 e. The van der Waals surface area contributed by atoms with Gasteiger partial charge in [-0.1, -0.05) is 19.1 Å². The Morgan fingerprint density at radius 1 is 1.47 bits per heavy atom. The van der Waals surface area contributed by atoms with Gasteiger partial charge < -0.3 is 10.5 Å². The minimum atomic E-state index is 0.0681. The van der Waals surface area contributed by atoms with Gasteiger partial charge in [-0.15, -0.1) is 0 Å². The van der Waals surface area contributed by atoms with Gasteiger partial charge in [0.25, 0.3) is 0 Å². The van der Waals surface area contributed by atoms with E-state index in [0.29, 0.717) is 0 Å². The van der Waals surface area contributed by atoms with Gasteiger partial charge in [0, 0.05) is 11.8 Å². The predicted octanol–water partition coefficient (Wildman–Crippen LogP) is 2.84. The molecule has 0 saturated carbocycles. The molecule has 0 aliphatic carbocycles. The fraction of sp³-hybridized carbons (Fsp3) is 0.500. The highest BCUT2D eigenvalue weighted by atomic mass is 32.2. The van der Waals surface area contributed by atoms with Crippen LogP contribution in [0.4, 0.5) is 0 Å². The van der Waals surface area contributed by atoms with Gasteiger partial charge in [0.15, 0.2) is 0 Å². The van der Waals surface area contributed by atoms with Gasteiger partial charge in [0.05, 0.1) is 6.61 Å². The molecule has 0 spiro atoms. The number of nitrogens with two attached hydrogens (primary N) is 1. The first kappa shape index (κ1) is 12.4. The van der Waals surface area contributed by atoms with Crippen LogP contribution in [0.15, 0.2) is 24.3 Å². The molecule has 2 N–H and O–H groups in total. The van der Waals surface area contributed by atoms with Crippen molar-refractivity contribution in [3.05, 3.63) is 29.8 Å². The second-order valence-corrected chi connectivity index (χ2v) is 4.80. The summed E-state index contributed by atoms with van der Waals surface area (Å²) in [4.78, 5) is 0. The minimum Gasteiger partial charge on any atom is -0.493 e. The van der Waals surface area contributed by atoms with Crippen LogP contribution in [0.1, 0.15) is 25.5 Å². The molecular weight excluding hydrogens is 206 g/mol. The fourth-order valence-corrected chi connectivity index (χ4v) is 1.74. The van der Waals surface area contributed by atoms with Gasteiger partial charge in [0.1, 0.15) is 5.75 Å². The lowest BCUT2D eigenvalue weighted by Gasteiger charge is -2.09. The highest BCUT2D eigenvalue weighted by Gasteiger charge is 2.00. The predicted molar refractivity (Wildman–Crippen MR) is 67.5 cm³/mol. The zero-order valence-electron chi connectivity index (χ0n) is 9.40. The van der Waals surface area contributed by atoms with Gasteiger partial charge in [-0.25, -0.2) is 0 Å². The van der Waals surface area contributed by atoms with Gasteiger partial charge in [-0.2, -0.15) is 11.8 Å². The fourth-order valence-electron chi connectivity index (χ4n) is 1.25. The first-order valence-electron chi connectivity index (χ1n) is 5.30. The van der Waals surface area contributed by atoms with E-state index in [-0.39, 0.29) is 6.04 Å². The van der Waals surface area contributed by atoms with Crippen molar-refractivity contribution >= 4 is 11.8 Å². The van der Waals surface area contributed by atoms with Crippen molar-refractivity contribution in [2.24, 2.45) is 5.73 Å². The molecule has 0 aromatic heterocycles. The molecule has 0 aliphatic heterocycles. The first-order valence-corrected chi connectivity index (χ1v) is 6.45. The van der Waals surface area contributed by atoms with Crippen molar-refractivity contribution in [1.82, 2.24) is 0 Å². The summed E-state index contributed by atoms with van der Waals surface area (Å²) in [7, 11) is 0. The van der Waals surface area contributed by atoms with Crippen LogP contribution < -0.4 is 10.5 Å². The summed E-state index contributed by atoms with van der Waals surface area (Å²) in [5, 5.41) is 0. The van der Waals surface area contributed by atoms with Crippen molar-refractivity contribution in [1.29, 1.82) is 0 Å². The van der Waals surface area contributed by atoms with Crippen LogP contribution in [0, 0.1) is 0 Å². The third-order valence-corrected chi connectivity index (χ3v) is 2.95. The molecule has 0 bridgehead atoms. The van der Waals surface area contributed by atoms with Crippen molar-refractivity contribution in [3.63, 3.8) is 0 Å². The molecule has 1 rings (SSSR count). The smallest absolute Gasteiger partial charge is 0.119 e. The summed E-state index contributed by atoms with van der Waals surface area (Å²) in [6, 6.07) is 8.07. The van der Waals surface area contributed by atoms with E-state index in [1.165, 1.54) is 0 Å². The Hall–Kier alpha value is -0.670. The summed E-state index contributed by atoms with van der Waals surface area (Å²) in [5.41, 5.74) is 6.92. The Morgan fingerprint density at radius 2 is 2.27 bits per heavy atom. The lowest BCUT2D eigenvalue weighted by atomic mass is 10.1. The molecule has 1 aromatic carbocycles. The number of thioether (sulfide) groups is 1. The van der Waals surface area contributed by atoms with Crippen LogP contribution in [-0.2, 0) is 0 Å². The van der Waals surface area contributed by atoms with E-state index >= 15 is 0 Å². The molecule has 15 heavy (non-hydrogen) atoms. The van der Waals surface area contributed by atoms with Gasteiger partial charge in [-0.3, -0.25) is 0 Å². The summed E-state index contributed by atoms with van der Waals surface area (Å²) < 4.78 is 5.62. The largest absolute Gasteiger partial charge is 0.493 e. The lowest BCUT2D eigenvalue weighted by Crippen LogP contribution is -2.06. The molecule has 0 aliphatic rings. The Balaban J connectivity index is 2.43. The molecule has 2 nitrogen and oxygen atoms in total.